The molecule has 0 spiro atoms. The summed E-state index contributed by atoms with van der Waals surface area (Å²) >= 11 is 0. The molecular weight excluding hydrogens is 444 g/mol. The van der Waals surface area contributed by atoms with E-state index in [1.807, 2.05) is 25.3 Å². The van der Waals surface area contributed by atoms with Crippen molar-refractivity contribution in [1.29, 1.82) is 5.26 Å². The van der Waals surface area contributed by atoms with Crippen molar-refractivity contribution >= 4 is 17.7 Å². The van der Waals surface area contributed by atoms with Crippen molar-refractivity contribution in [3.8, 4) is 11.9 Å². The SMILES string of the molecule is COc1ccc(C2=CC(NC(=O)c3ccnc(C4(C#N)CC4)c3)(N3CCOCC3)C=NC2C)cn1. The minimum Gasteiger partial charge on any atom is -0.481 e. The lowest BCUT2D eigenvalue weighted by Gasteiger charge is -2.44. The molecule has 9 heteroatoms. The number of dihydropyridines is 1. The smallest absolute Gasteiger partial charge is 0.253 e. The number of aliphatic imine (C=N–C) groups is 1. The van der Waals surface area contributed by atoms with Gasteiger partial charge in [-0.1, -0.05) is 0 Å². The van der Waals surface area contributed by atoms with Crippen LogP contribution in [-0.4, -0.2) is 72.1 Å². The van der Waals surface area contributed by atoms with Crippen molar-refractivity contribution < 1.29 is 14.3 Å². The number of carbonyl (C=O) groups excluding carboxylic acids is 1. The summed E-state index contributed by atoms with van der Waals surface area (Å²) in [6, 6.07) is 9.43. The molecule has 0 bridgehead atoms. The van der Waals surface area contributed by atoms with E-state index in [0.29, 0.717) is 43.4 Å². The first kappa shape index (κ1) is 23.1. The largest absolute Gasteiger partial charge is 0.481 e. The average molecular weight is 473 g/mol. The number of rotatable bonds is 6. The van der Waals surface area contributed by atoms with E-state index in [2.05, 4.69) is 32.3 Å². The summed E-state index contributed by atoms with van der Waals surface area (Å²) in [5, 5.41) is 12.8. The zero-order valence-corrected chi connectivity index (χ0v) is 19.9. The summed E-state index contributed by atoms with van der Waals surface area (Å²) in [6.07, 6.45) is 8.79. The van der Waals surface area contributed by atoms with Gasteiger partial charge in [0.25, 0.3) is 5.91 Å². The predicted molar refractivity (Wildman–Crippen MR) is 130 cm³/mol. The van der Waals surface area contributed by atoms with Gasteiger partial charge < -0.3 is 14.8 Å². The third-order valence-electron chi connectivity index (χ3n) is 6.92. The van der Waals surface area contributed by atoms with E-state index in [0.717, 1.165) is 24.0 Å². The molecule has 5 rings (SSSR count). The summed E-state index contributed by atoms with van der Waals surface area (Å²) in [4.78, 5) is 29.2. The lowest BCUT2D eigenvalue weighted by atomic mass is 9.92. The van der Waals surface area contributed by atoms with Crippen LogP contribution in [0.2, 0.25) is 0 Å². The van der Waals surface area contributed by atoms with Crippen LogP contribution in [0.15, 0.2) is 47.7 Å². The van der Waals surface area contributed by atoms with Gasteiger partial charge in [-0.05, 0) is 55.2 Å². The van der Waals surface area contributed by atoms with Crippen LogP contribution in [0.4, 0.5) is 0 Å². The van der Waals surface area contributed by atoms with Crippen molar-refractivity contribution in [3.63, 3.8) is 0 Å². The molecule has 1 saturated carbocycles. The Hall–Kier alpha value is -3.61. The minimum atomic E-state index is -0.932. The molecule has 2 aliphatic heterocycles. The molecule has 4 heterocycles. The van der Waals surface area contributed by atoms with Gasteiger partial charge in [-0.15, -0.1) is 0 Å². The van der Waals surface area contributed by atoms with Crippen LogP contribution in [0.1, 0.15) is 41.4 Å². The van der Waals surface area contributed by atoms with Crippen LogP contribution in [0.3, 0.4) is 0 Å². The maximum absolute atomic E-state index is 13.6. The first-order chi connectivity index (χ1) is 17.0. The van der Waals surface area contributed by atoms with E-state index in [1.54, 1.807) is 31.6 Å². The Morgan fingerprint density at radius 1 is 1.26 bits per heavy atom. The number of amides is 1. The van der Waals surface area contributed by atoms with Gasteiger partial charge in [-0.2, -0.15) is 5.26 Å². The second-order valence-corrected chi connectivity index (χ2v) is 9.15. The zero-order chi connectivity index (χ0) is 24.5. The molecule has 180 valence electrons. The fourth-order valence-electron chi connectivity index (χ4n) is 4.59. The van der Waals surface area contributed by atoms with E-state index in [1.165, 1.54) is 0 Å². The second kappa shape index (κ2) is 9.21. The minimum absolute atomic E-state index is 0.103. The van der Waals surface area contributed by atoms with Gasteiger partial charge in [0.2, 0.25) is 5.88 Å². The third kappa shape index (κ3) is 4.43. The Bertz CT molecular complexity index is 1210. The van der Waals surface area contributed by atoms with Gasteiger partial charge >= 0.3 is 0 Å². The van der Waals surface area contributed by atoms with Gasteiger partial charge in [0.1, 0.15) is 5.66 Å². The molecule has 1 saturated heterocycles. The van der Waals surface area contributed by atoms with Crippen molar-refractivity contribution in [3.05, 3.63) is 59.6 Å². The van der Waals surface area contributed by atoms with Crippen molar-refractivity contribution in [2.24, 2.45) is 4.99 Å². The lowest BCUT2D eigenvalue weighted by Crippen LogP contribution is -2.64. The van der Waals surface area contributed by atoms with E-state index in [9.17, 15) is 10.1 Å². The van der Waals surface area contributed by atoms with Crippen molar-refractivity contribution in [2.45, 2.75) is 36.9 Å². The Morgan fingerprint density at radius 2 is 2.06 bits per heavy atom. The molecule has 0 radical (unpaired) electrons. The average Bonchev–Trinajstić information content (AvgIpc) is 3.72. The van der Waals surface area contributed by atoms with Gasteiger partial charge in [-0.25, -0.2) is 4.98 Å². The number of pyridine rings is 2. The highest BCUT2D eigenvalue weighted by molar-refractivity contribution is 5.98. The molecular formula is C26H28N6O3. The van der Waals surface area contributed by atoms with Crippen molar-refractivity contribution in [2.75, 3.05) is 33.4 Å². The van der Waals surface area contributed by atoms with Gasteiger partial charge in [-0.3, -0.25) is 19.7 Å². The quantitative estimate of drug-likeness (QED) is 0.687. The van der Waals surface area contributed by atoms with Crippen molar-refractivity contribution in [1.82, 2.24) is 20.2 Å². The summed E-state index contributed by atoms with van der Waals surface area (Å²) in [7, 11) is 1.58. The van der Waals surface area contributed by atoms with Gasteiger partial charge in [0.05, 0.1) is 43.5 Å². The summed E-state index contributed by atoms with van der Waals surface area (Å²) < 4.78 is 10.8. The molecule has 1 N–H and O–H groups in total. The molecule has 0 aromatic carbocycles. The summed E-state index contributed by atoms with van der Waals surface area (Å²) in [5.41, 5.74) is 1.51. The fourth-order valence-corrected chi connectivity index (χ4v) is 4.59. The fraction of sp³-hybridized carbons (Fsp3) is 0.423. The topological polar surface area (TPSA) is 113 Å². The summed E-state index contributed by atoms with van der Waals surface area (Å²) in [5.74, 6) is 0.284. The van der Waals surface area contributed by atoms with Crippen LogP contribution in [0, 0.1) is 11.3 Å². The van der Waals surface area contributed by atoms with E-state index < -0.39 is 11.1 Å². The Morgan fingerprint density at radius 3 is 2.71 bits per heavy atom. The van der Waals surface area contributed by atoms with Gasteiger partial charge in [0, 0.05) is 43.3 Å². The third-order valence-corrected chi connectivity index (χ3v) is 6.92. The van der Waals surface area contributed by atoms with E-state index in [-0.39, 0.29) is 11.9 Å². The van der Waals surface area contributed by atoms with Crippen LogP contribution >= 0.6 is 0 Å². The molecule has 2 unspecified atom stereocenters. The number of morpholine rings is 1. The standard InChI is InChI=1S/C26H28N6O3/c1-18-21(20-3-4-23(34-2)29-15-20)14-26(17-30-18,32-9-11-35-12-10-32)31-24(33)19-5-8-28-22(13-19)25(16-27)6-7-25/h3-5,8,13-15,17-18H,6-7,9-12H2,1-2H3,(H,31,33). The highest BCUT2D eigenvalue weighted by Gasteiger charge is 2.47. The predicted octanol–water partition coefficient (Wildman–Crippen LogP) is 2.36. The lowest BCUT2D eigenvalue weighted by molar-refractivity contribution is 0.00580. The number of aromatic nitrogens is 2. The van der Waals surface area contributed by atoms with Crippen LogP contribution in [0.5, 0.6) is 5.88 Å². The maximum atomic E-state index is 13.6. The monoisotopic (exact) mass is 472 g/mol. The van der Waals surface area contributed by atoms with Crippen LogP contribution in [0.25, 0.3) is 5.57 Å². The normalized spacial score (nSPS) is 25.3. The maximum Gasteiger partial charge on any atom is 0.253 e. The number of hydrogen-bond donors (Lipinski definition) is 1. The number of hydrogen-bond acceptors (Lipinski definition) is 8. The van der Waals surface area contributed by atoms with Crippen LogP contribution in [-0.2, 0) is 10.2 Å². The Labute approximate surface area is 204 Å². The molecule has 1 amide bonds. The Kier molecular flexibility index (Phi) is 6.09. The molecule has 1 aliphatic carbocycles. The molecule has 2 atom stereocenters. The number of carbonyl (C=O) groups is 1. The first-order valence-corrected chi connectivity index (χ1v) is 11.8. The van der Waals surface area contributed by atoms with Crippen LogP contribution < -0.4 is 10.1 Å². The highest BCUT2D eigenvalue weighted by atomic mass is 16.5. The summed E-state index contributed by atoms with van der Waals surface area (Å²) in [6.45, 7) is 4.44. The van der Waals surface area contributed by atoms with Gasteiger partial charge in [0.15, 0.2) is 0 Å². The molecule has 2 aromatic heterocycles. The number of nitriles is 1. The molecule has 2 aromatic rings. The number of nitrogens with one attached hydrogen (secondary N) is 1. The molecule has 2 fully saturated rings. The molecule has 3 aliphatic rings. The zero-order valence-electron chi connectivity index (χ0n) is 19.9. The highest BCUT2D eigenvalue weighted by Crippen LogP contribution is 2.46. The molecule has 35 heavy (non-hydrogen) atoms. The molecule has 9 nitrogen and oxygen atoms in total. The number of methoxy groups -OCH3 is 1. The number of nitrogens with zero attached hydrogens (tertiary/aromatic N) is 5. The Balaban J connectivity index is 1.50. The second-order valence-electron chi connectivity index (χ2n) is 9.15. The van der Waals surface area contributed by atoms with E-state index >= 15 is 0 Å². The van der Waals surface area contributed by atoms with E-state index in [4.69, 9.17) is 14.5 Å². The first-order valence-electron chi connectivity index (χ1n) is 11.8. The number of ether oxygens (including phenoxy) is 2.